The van der Waals surface area contributed by atoms with E-state index >= 15 is 0 Å². The summed E-state index contributed by atoms with van der Waals surface area (Å²) in [6, 6.07) is 0. The van der Waals surface area contributed by atoms with Crippen LogP contribution in [0.4, 0.5) is 0 Å². The number of hydrogen-bond donors (Lipinski definition) is 1. The molecule has 0 aliphatic heterocycles. The van der Waals surface area contributed by atoms with Crippen LogP contribution in [-0.2, 0) is 27.9 Å². The summed E-state index contributed by atoms with van der Waals surface area (Å²) >= 11 is 0. The van der Waals surface area contributed by atoms with E-state index in [2.05, 4.69) is 62.5 Å². The first kappa shape index (κ1) is 51.5. The molecule has 1 N–H and O–H groups in total. The number of quaternary nitrogens is 1. The van der Waals surface area contributed by atoms with Crippen molar-refractivity contribution >= 4 is 13.8 Å². The van der Waals surface area contributed by atoms with Gasteiger partial charge in [0, 0.05) is 13.0 Å². The van der Waals surface area contributed by atoms with Crippen LogP contribution in [0.1, 0.15) is 168 Å². The number of nitrogens with zero attached hydrogens (tertiary/aromatic N) is 1. The van der Waals surface area contributed by atoms with Gasteiger partial charge in [0.05, 0.1) is 34.4 Å². The van der Waals surface area contributed by atoms with Crippen LogP contribution < -0.4 is 0 Å². The third-order valence-electron chi connectivity index (χ3n) is 8.90. The average molecular weight is 769 g/mol. The highest BCUT2D eigenvalue weighted by Crippen LogP contribution is 2.43. The van der Waals surface area contributed by atoms with Crippen LogP contribution in [0.15, 0.2) is 48.6 Å². The van der Waals surface area contributed by atoms with Gasteiger partial charge in [-0.05, 0) is 51.4 Å². The number of phosphoric ester groups is 1. The highest BCUT2D eigenvalue weighted by Gasteiger charge is 2.26. The summed E-state index contributed by atoms with van der Waals surface area (Å²) in [5.74, 6) is -0.321. The summed E-state index contributed by atoms with van der Waals surface area (Å²) in [7, 11) is 1.66. The molecule has 0 saturated heterocycles. The van der Waals surface area contributed by atoms with E-state index in [-0.39, 0.29) is 25.8 Å². The van der Waals surface area contributed by atoms with E-state index in [0.717, 1.165) is 57.8 Å². The fraction of sp³-hybridized carbons (Fsp3) is 0.795. The van der Waals surface area contributed by atoms with Crippen molar-refractivity contribution in [2.45, 2.75) is 174 Å². The Hall–Kier alpha value is -1.54. The normalized spacial score (nSPS) is 14.3. The topological polar surface area (TPSA) is 91.3 Å². The number of carbonyl (C=O) groups is 1. The van der Waals surface area contributed by atoms with Crippen LogP contribution in [0, 0.1) is 0 Å². The van der Waals surface area contributed by atoms with Gasteiger partial charge in [-0.25, -0.2) is 4.57 Å². The van der Waals surface area contributed by atoms with Gasteiger partial charge in [-0.1, -0.05) is 159 Å². The van der Waals surface area contributed by atoms with Crippen molar-refractivity contribution in [1.29, 1.82) is 0 Å². The van der Waals surface area contributed by atoms with Gasteiger partial charge in [0.25, 0.3) is 0 Å². The molecule has 0 aliphatic carbocycles. The molecule has 2 unspecified atom stereocenters. The number of ether oxygens (including phenoxy) is 2. The Kier molecular flexibility index (Phi) is 36.3. The van der Waals surface area contributed by atoms with Gasteiger partial charge in [0.1, 0.15) is 19.3 Å². The molecular weight excluding hydrogens is 685 g/mol. The van der Waals surface area contributed by atoms with Gasteiger partial charge < -0.3 is 18.9 Å². The highest BCUT2D eigenvalue weighted by atomic mass is 31.2. The van der Waals surface area contributed by atoms with Gasteiger partial charge in [-0.3, -0.25) is 13.8 Å². The molecule has 0 saturated carbocycles. The third kappa shape index (κ3) is 41.5. The lowest BCUT2D eigenvalue weighted by atomic mass is 10.0. The SMILES string of the molecule is CC/C=C\C/C=C\C/C=C\C/C=C\CCCCCCCCCCCCC(=O)OC(COCCCCCCCCCC)COP(=O)(O)OCC[N+](C)(C)C. The number of allylic oxidation sites excluding steroid dienone is 8. The van der Waals surface area contributed by atoms with Gasteiger partial charge >= 0.3 is 13.8 Å². The lowest BCUT2D eigenvalue weighted by Gasteiger charge is -2.24. The fourth-order valence-corrected chi connectivity index (χ4v) is 6.34. The molecule has 0 heterocycles. The zero-order valence-corrected chi connectivity index (χ0v) is 35.9. The lowest BCUT2D eigenvalue weighted by Crippen LogP contribution is -2.37. The highest BCUT2D eigenvalue weighted by molar-refractivity contribution is 7.47. The molecule has 0 aromatic rings. The molecule has 310 valence electrons. The predicted molar refractivity (Wildman–Crippen MR) is 224 cm³/mol. The number of likely N-dealkylation sites (N-methyl/N-ethyl adjacent to an activating group) is 1. The number of carbonyl (C=O) groups excluding carboxylic acids is 1. The van der Waals surface area contributed by atoms with Crippen LogP contribution in [0.5, 0.6) is 0 Å². The quantitative estimate of drug-likeness (QED) is 0.0219. The van der Waals surface area contributed by atoms with Crippen LogP contribution in [0.25, 0.3) is 0 Å². The largest absolute Gasteiger partial charge is 0.472 e. The number of hydrogen-bond acceptors (Lipinski definition) is 6. The molecule has 8 nitrogen and oxygen atoms in total. The van der Waals surface area contributed by atoms with Crippen molar-refractivity contribution in [3.8, 4) is 0 Å². The van der Waals surface area contributed by atoms with Crippen molar-refractivity contribution in [2.75, 3.05) is 54.1 Å². The van der Waals surface area contributed by atoms with E-state index in [0.29, 0.717) is 24.1 Å². The maximum atomic E-state index is 12.6. The van der Waals surface area contributed by atoms with Crippen LogP contribution >= 0.6 is 7.82 Å². The molecule has 53 heavy (non-hydrogen) atoms. The van der Waals surface area contributed by atoms with E-state index in [4.69, 9.17) is 18.5 Å². The first-order valence-corrected chi connectivity index (χ1v) is 22.9. The second-order valence-corrected chi connectivity index (χ2v) is 16.8. The maximum Gasteiger partial charge on any atom is 0.472 e. The van der Waals surface area contributed by atoms with Gasteiger partial charge in [-0.15, -0.1) is 0 Å². The summed E-state index contributed by atoms with van der Waals surface area (Å²) < 4.78 is 34.8. The van der Waals surface area contributed by atoms with Crippen molar-refractivity contribution < 1.29 is 37.3 Å². The Morgan fingerprint density at radius 1 is 0.604 bits per heavy atom. The molecule has 0 spiro atoms. The Morgan fingerprint density at radius 3 is 1.64 bits per heavy atom. The van der Waals surface area contributed by atoms with Crippen LogP contribution in [0.2, 0.25) is 0 Å². The number of rotatable bonds is 39. The molecule has 0 aromatic carbocycles. The molecule has 0 rings (SSSR count). The molecule has 2 atom stereocenters. The molecule has 0 amide bonds. The van der Waals surface area contributed by atoms with Gasteiger partial charge in [0.2, 0.25) is 0 Å². The van der Waals surface area contributed by atoms with E-state index in [1.165, 1.54) is 89.9 Å². The van der Waals surface area contributed by atoms with E-state index < -0.39 is 13.9 Å². The first-order valence-electron chi connectivity index (χ1n) is 21.4. The molecule has 0 aromatic heterocycles. The minimum atomic E-state index is -4.27. The molecule has 0 fully saturated rings. The van der Waals surface area contributed by atoms with Crippen molar-refractivity contribution in [2.24, 2.45) is 0 Å². The van der Waals surface area contributed by atoms with Crippen molar-refractivity contribution in [3.05, 3.63) is 48.6 Å². The first-order chi connectivity index (χ1) is 25.6. The lowest BCUT2D eigenvalue weighted by molar-refractivity contribution is -0.870. The minimum Gasteiger partial charge on any atom is -0.457 e. The Bertz CT molecular complexity index is 989. The van der Waals surface area contributed by atoms with E-state index in [9.17, 15) is 14.3 Å². The summed E-state index contributed by atoms with van der Waals surface area (Å²) in [5.41, 5.74) is 0. The summed E-state index contributed by atoms with van der Waals surface area (Å²) in [6.45, 7) is 5.48. The molecule has 0 aliphatic rings. The Balaban J connectivity index is 4.10. The smallest absolute Gasteiger partial charge is 0.457 e. The fourth-order valence-electron chi connectivity index (χ4n) is 5.60. The molecular formula is C44H83NO7P+. The van der Waals surface area contributed by atoms with Crippen molar-refractivity contribution in [3.63, 3.8) is 0 Å². The molecule has 0 bridgehead atoms. The number of esters is 1. The van der Waals surface area contributed by atoms with Gasteiger partial charge in [0.15, 0.2) is 0 Å². The third-order valence-corrected chi connectivity index (χ3v) is 9.89. The minimum absolute atomic E-state index is 0.0872. The van der Waals surface area contributed by atoms with Crippen LogP contribution in [-0.4, -0.2) is 75.6 Å². The monoisotopic (exact) mass is 769 g/mol. The zero-order chi connectivity index (χ0) is 39.1. The number of phosphoric acid groups is 1. The zero-order valence-electron chi connectivity index (χ0n) is 35.0. The summed E-state index contributed by atoms with van der Waals surface area (Å²) in [5, 5.41) is 0. The average Bonchev–Trinajstić information content (AvgIpc) is 3.11. The summed E-state index contributed by atoms with van der Waals surface area (Å²) in [4.78, 5) is 22.8. The molecule has 0 radical (unpaired) electrons. The Morgan fingerprint density at radius 2 is 1.09 bits per heavy atom. The number of unbranched alkanes of at least 4 members (excludes halogenated alkanes) is 17. The van der Waals surface area contributed by atoms with E-state index in [1.54, 1.807) is 0 Å². The second-order valence-electron chi connectivity index (χ2n) is 15.3. The molecule has 9 heteroatoms. The van der Waals surface area contributed by atoms with E-state index in [1.807, 2.05) is 21.1 Å². The van der Waals surface area contributed by atoms with Crippen LogP contribution in [0.3, 0.4) is 0 Å². The second kappa shape index (κ2) is 37.4. The van der Waals surface area contributed by atoms with Gasteiger partial charge in [-0.2, -0.15) is 0 Å². The summed E-state index contributed by atoms with van der Waals surface area (Å²) in [6.07, 6.45) is 44.3. The predicted octanol–water partition coefficient (Wildman–Crippen LogP) is 12.4. The Labute approximate surface area is 327 Å². The standard InChI is InChI=1S/C44H82NO7P/c1-6-8-10-12-14-16-17-18-19-20-21-22-23-24-25-26-27-28-29-30-31-33-35-37-44(46)52-43(41-49-39-36-34-32-15-13-11-9-7-2)42-51-53(47,48)50-40-38-45(3,4)5/h8,10,14,16,18-19,21-22,43H,6-7,9,11-13,15,17,20,23-42H2,1-5H3/p+1/b10-8-,16-14-,19-18-,22-21-. The van der Waals surface area contributed by atoms with Crippen molar-refractivity contribution in [1.82, 2.24) is 0 Å². The maximum absolute atomic E-state index is 12.6.